The van der Waals surface area contributed by atoms with Crippen LogP contribution in [0, 0.1) is 5.92 Å². The minimum absolute atomic E-state index is 0.0363. The number of nitrogens with two attached hydrogens (primary N) is 1. The highest BCUT2D eigenvalue weighted by atomic mass is 16.5. The van der Waals surface area contributed by atoms with Gasteiger partial charge in [0.15, 0.2) is 0 Å². The molecule has 4 nitrogen and oxygen atoms in total. The number of nitrogens with one attached hydrogen (secondary N) is 1. The summed E-state index contributed by atoms with van der Waals surface area (Å²) in [6.45, 7) is 0.792. The molecule has 0 bridgehead atoms. The maximum atomic E-state index is 12.0. The number of ether oxygens (including phenoxy) is 1. The summed E-state index contributed by atoms with van der Waals surface area (Å²) < 4.78 is 5.62. The van der Waals surface area contributed by atoms with Gasteiger partial charge < -0.3 is 15.8 Å². The molecule has 0 radical (unpaired) electrons. The largest absolute Gasteiger partial charge is 0.376 e. The van der Waals surface area contributed by atoms with E-state index in [1.807, 2.05) is 0 Å². The van der Waals surface area contributed by atoms with Gasteiger partial charge in [-0.1, -0.05) is 11.6 Å². The fourth-order valence-electron chi connectivity index (χ4n) is 3.44. The number of hydrogen-bond donors (Lipinski definition) is 2. The molecule has 1 amide bonds. The van der Waals surface area contributed by atoms with Crippen LogP contribution in [0.4, 0.5) is 0 Å². The fourth-order valence-corrected chi connectivity index (χ4v) is 3.44. The number of carbonyl (C=O) groups is 1. The molecule has 2 fully saturated rings. The summed E-state index contributed by atoms with van der Waals surface area (Å²) in [5.74, 6) is 0.571. The standard InChI is InChI=1S/C14H22N2O2/c15-12-10-6-7-18-14(10)13(12)16-11(17)8-9-4-2-1-3-5-9/h4,10,12-14H,1-3,5-8,15H2,(H,16,17). The first-order valence-corrected chi connectivity index (χ1v) is 7.10. The normalized spacial score (nSPS) is 38.6. The maximum Gasteiger partial charge on any atom is 0.224 e. The van der Waals surface area contributed by atoms with Crippen LogP contribution in [-0.4, -0.2) is 30.7 Å². The van der Waals surface area contributed by atoms with E-state index in [4.69, 9.17) is 10.5 Å². The van der Waals surface area contributed by atoms with Gasteiger partial charge in [-0.3, -0.25) is 4.79 Å². The molecule has 1 heterocycles. The van der Waals surface area contributed by atoms with E-state index >= 15 is 0 Å². The van der Waals surface area contributed by atoms with Gasteiger partial charge in [0.05, 0.1) is 12.1 Å². The summed E-state index contributed by atoms with van der Waals surface area (Å²) in [7, 11) is 0. The Morgan fingerprint density at radius 2 is 2.39 bits per heavy atom. The smallest absolute Gasteiger partial charge is 0.224 e. The molecular weight excluding hydrogens is 228 g/mol. The van der Waals surface area contributed by atoms with Gasteiger partial charge in [0.2, 0.25) is 5.91 Å². The Labute approximate surface area is 108 Å². The average Bonchev–Trinajstić information content (AvgIpc) is 2.82. The van der Waals surface area contributed by atoms with Gasteiger partial charge >= 0.3 is 0 Å². The van der Waals surface area contributed by atoms with Crippen LogP contribution in [0.15, 0.2) is 11.6 Å². The molecule has 1 aliphatic heterocycles. The van der Waals surface area contributed by atoms with Crippen molar-refractivity contribution >= 4 is 5.91 Å². The van der Waals surface area contributed by atoms with Gasteiger partial charge in [-0.25, -0.2) is 0 Å². The van der Waals surface area contributed by atoms with Crippen molar-refractivity contribution in [1.29, 1.82) is 0 Å². The number of allylic oxidation sites excluding steroid dienone is 1. The lowest BCUT2D eigenvalue weighted by atomic mass is 9.72. The van der Waals surface area contributed by atoms with Crippen molar-refractivity contribution in [2.45, 2.75) is 56.7 Å². The van der Waals surface area contributed by atoms with Gasteiger partial charge in [-0.2, -0.15) is 0 Å². The first kappa shape index (κ1) is 12.2. The Hall–Kier alpha value is -0.870. The Morgan fingerprint density at radius 1 is 1.50 bits per heavy atom. The zero-order valence-electron chi connectivity index (χ0n) is 10.7. The molecule has 4 atom stereocenters. The van der Waals surface area contributed by atoms with Crippen molar-refractivity contribution in [2.24, 2.45) is 11.7 Å². The Balaban J connectivity index is 1.50. The van der Waals surface area contributed by atoms with Crippen LogP contribution >= 0.6 is 0 Å². The van der Waals surface area contributed by atoms with Crippen LogP contribution in [0.25, 0.3) is 0 Å². The van der Waals surface area contributed by atoms with E-state index < -0.39 is 0 Å². The first-order valence-electron chi connectivity index (χ1n) is 7.10. The number of fused-ring (bicyclic) bond motifs is 1. The van der Waals surface area contributed by atoms with Crippen LogP contribution in [0.1, 0.15) is 38.5 Å². The van der Waals surface area contributed by atoms with Gasteiger partial charge in [-0.05, 0) is 32.1 Å². The second-order valence-electron chi connectivity index (χ2n) is 5.74. The number of rotatable bonds is 3. The van der Waals surface area contributed by atoms with Crippen molar-refractivity contribution in [3.8, 4) is 0 Å². The molecule has 0 spiro atoms. The maximum absolute atomic E-state index is 12.0. The van der Waals surface area contributed by atoms with Crippen LogP contribution in [0.2, 0.25) is 0 Å². The number of carbonyl (C=O) groups excluding carboxylic acids is 1. The minimum atomic E-state index is 0.0363. The highest BCUT2D eigenvalue weighted by molar-refractivity contribution is 5.79. The molecule has 3 aliphatic rings. The van der Waals surface area contributed by atoms with Crippen LogP contribution in [-0.2, 0) is 9.53 Å². The predicted molar refractivity (Wildman–Crippen MR) is 68.9 cm³/mol. The van der Waals surface area contributed by atoms with Crippen molar-refractivity contribution in [3.63, 3.8) is 0 Å². The molecule has 4 unspecified atom stereocenters. The highest BCUT2D eigenvalue weighted by Crippen LogP contribution is 2.37. The summed E-state index contributed by atoms with van der Waals surface area (Å²) in [6.07, 6.45) is 8.66. The van der Waals surface area contributed by atoms with Gasteiger partial charge in [0, 0.05) is 25.0 Å². The van der Waals surface area contributed by atoms with Gasteiger partial charge in [0.1, 0.15) is 0 Å². The lowest BCUT2D eigenvalue weighted by molar-refractivity contribution is -0.125. The van der Waals surface area contributed by atoms with E-state index in [0.717, 1.165) is 25.9 Å². The third kappa shape index (κ3) is 2.19. The predicted octanol–water partition coefficient (Wildman–Crippen LogP) is 1.11. The van der Waals surface area contributed by atoms with E-state index in [1.54, 1.807) is 0 Å². The van der Waals surface area contributed by atoms with Crippen molar-refractivity contribution in [2.75, 3.05) is 6.61 Å². The SMILES string of the molecule is NC1C2CCOC2C1NC(=O)CC1=CCCCC1. The Morgan fingerprint density at radius 3 is 3.17 bits per heavy atom. The molecule has 4 heteroatoms. The van der Waals surface area contributed by atoms with Crippen molar-refractivity contribution < 1.29 is 9.53 Å². The molecule has 0 aromatic rings. The summed E-state index contributed by atoms with van der Waals surface area (Å²) in [4.78, 5) is 12.0. The molecule has 0 aromatic carbocycles. The molecule has 3 rings (SSSR count). The summed E-state index contributed by atoms with van der Waals surface area (Å²) in [6, 6.07) is 0.121. The van der Waals surface area contributed by atoms with Crippen LogP contribution in [0.3, 0.4) is 0 Å². The Kier molecular flexibility index (Phi) is 3.39. The summed E-state index contributed by atoms with van der Waals surface area (Å²) in [5.41, 5.74) is 7.37. The quantitative estimate of drug-likeness (QED) is 0.737. The second-order valence-corrected chi connectivity index (χ2v) is 5.74. The van der Waals surface area contributed by atoms with Gasteiger partial charge in [0.25, 0.3) is 0 Å². The lowest BCUT2D eigenvalue weighted by Gasteiger charge is -2.45. The monoisotopic (exact) mass is 250 g/mol. The molecule has 100 valence electrons. The van der Waals surface area contributed by atoms with Gasteiger partial charge in [-0.15, -0.1) is 0 Å². The summed E-state index contributed by atoms with van der Waals surface area (Å²) >= 11 is 0. The molecular formula is C14H22N2O2. The molecule has 18 heavy (non-hydrogen) atoms. The Bertz CT molecular complexity index is 367. The van der Waals surface area contributed by atoms with Crippen LogP contribution < -0.4 is 11.1 Å². The van der Waals surface area contributed by atoms with E-state index in [9.17, 15) is 4.79 Å². The fraction of sp³-hybridized carbons (Fsp3) is 0.786. The van der Waals surface area contributed by atoms with Crippen molar-refractivity contribution in [3.05, 3.63) is 11.6 Å². The van der Waals surface area contributed by atoms with E-state index in [-0.39, 0.29) is 24.1 Å². The first-order chi connectivity index (χ1) is 8.75. The third-order valence-corrected chi connectivity index (χ3v) is 4.55. The van der Waals surface area contributed by atoms with E-state index in [1.165, 1.54) is 18.4 Å². The van der Waals surface area contributed by atoms with E-state index in [2.05, 4.69) is 11.4 Å². The zero-order chi connectivity index (χ0) is 12.5. The average molecular weight is 250 g/mol. The van der Waals surface area contributed by atoms with Crippen molar-refractivity contribution in [1.82, 2.24) is 5.32 Å². The van der Waals surface area contributed by atoms with Crippen LogP contribution in [0.5, 0.6) is 0 Å². The zero-order valence-corrected chi connectivity index (χ0v) is 10.7. The molecule has 2 aliphatic carbocycles. The topological polar surface area (TPSA) is 64.3 Å². The van der Waals surface area contributed by atoms with E-state index in [0.29, 0.717) is 12.3 Å². The molecule has 1 saturated carbocycles. The highest BCUT2D eigenvalue weighted by Gasteiger charge is 2.52. The minimum Gasteiger partial charge on any atom is -0.376 e. The lowest BCUT2D eigenvalue weighted by Crippen LogP contribution is -2.68. The molecule has 0 aromatic heterocycles. The second kappa shape index (κ2) is 5.02. The number of hydrogen-bond acceptors (Lipinski definition) is 3. The molecule has 1 saturated heterocycles. The third-order valence-electron chi connectivity index (χ3n) is 4.55. The number of amides is 1. The molecule has 3 N–H and O–H groups in total. The summed E-state index contributed by atoms with van der Waals surface area (Å²) in [5, 5.41) is 3.06.